The van der Waals surface area contributed by atoms with E-state index in [1.54, 1.807) is 39.0 Å². The second-order valence-electron chi connectivity index (χ2n) is 9.72. The second kappa shape index (κ2) is 11.3. The lowest BCUT2D eigenvalue weighted by molar-refractivity contribution is 0.0495. The van der Waals surface area contributed by atoms with Crippen LogP contribution >= 0.6 is 0 Å². The number of hydrogen-bond acceptors (Lipinski definition) is 8. The van der Waals surface area contributed by atoms with E-state index in [4.69, 9.17) is 14.2 Å². The molecule has 1 amide bonds. The molecule has 0 saturated heterocycles. The van der Waals surface area contributed by atoms with Gasteiger partial charge >= 0.3 is 6.09 Å². The minimum absolute atomic E-state index is 0.00676. The van der Waals surface area contributed by atoms with E-state index < -0.39 is 17.5 Å². The van der Waals surface area contributed by atoms with Gasteiger partial charge in [-0.3, -0.25) is 0 Å². The summed E-state index contributed by atoms with van der Waals surface area (Å²) in [4.78, 5) is 16.8. The molecule has 10 heteroatoms. The van der Waals surface area contributed by atoms with E-state index in [1.807, 2.05) is 13.0 Å². The van der Waals surface area contributed by atoms with Crippen LogP contribution in [0.25, 0.3) is 0 Å². The molecule has 0 aliphatic heterocycles. The molecule has 1 saturated carbocycles. The van der Waals surface area contributed by atoms with Gasteiger partial charge in [0.25, 0.3) is 0 Å². The summed E-state index contributed by atoms with van der Waals surface area (Å²) < 4.78 is 31.0. The number of amides is 1. The highest BCUT2D eigenvalue weighted by molar-refractivity contribution is 5.69. The molecule has 0 radical (unpaired) electrons. The van der Waals surface area contributed by atoms with Crippen LogP contribution in [-0.4, -0.2) is 43.0 Å². The van der Waals surface area contributed by atoms with Crippen molar-refractivity contribution in [3.8, 4) is 17.6 Å². The number of rotatable bonds is 10. The van der Waals surface area contributed by atoms with Gasteiger partial charge in [-0.2, -0.15) is 5.26 Å². The molecular formula is C26H34FN5O4. The van der Waals surface area contributed by atoms with Gasteiger partial charge in [0.05, 0.1) is 31.9 Å². The van der Waals surface area contributed by atoms with E-state index in [0.717, 1.165) is 18.9 Å². The maximum absolute atomic E-state index is 15.0. The van der Waals surface area contributed by atoms with Crippen LogP contribution in [0.1, 0.15) is 52.5 Å². The molecule has 0 spiro atoms. The summed E-state index contributed by atoms with van der Waals surface area (Å²) in [7, 11) is 3.07. The number of anilines is 3. The number of alkyl carbamates (subject to hydrolysis) is 1. The molecule has 0 bridgehead atoms. The van der Waals surface area contributed by atoms with Crippen molar-refractivity contribution < 1.29 is 23.4 Å². The van der Waals surface area contributed by atoms with Crippen LogP contribution in [0.15, 0.2) is 24.3 Å². The summed E-state index contributed by atoms with van der Waals surface area (Å²) >= 11 is 0. The average molecular weight is 500 g/mol. The van der Waals surface area contributed by atoms with Gasteiger partial charge in [0, 0.05) is 23.9 Å². The fraction of sp³-hybridized carbons (Fsp3) is 0.500. The van der Waals surface area contributed by atoms with Crippen LogP contribution in [0, 0.1) is 23.1 Å². The van der Waals surface area contributed by atoms with E-state index in [9.17, 15) is 10.1 Å². The monoisotopic (exact) mass is 499 g/mol. The molecule has 3 N–H and O–H groups in total. The van der Waals surface area contributed by atoms with Gasteiger partial charge in [-0.25, -0.2) is 14.2 Å². The van der Waals surface area contributed by atoms with Gasteiger partial charge in [-0.1, -0.05) is 6.92 Å². The normalized spacial score (nSPS) is 14.7. The Morgan fingerprint density at radius 1 is 1.17 bits per heavy atom. The Balaban J connectivity index is 1.88. The third-order valence-electron chi connectivity index (χ3n) is 5.72. The first-order valence-corrected chi connectivity index (χ1v) is 11.9. The Bertz CT molecular complexity index is 1100. The number of carbonyl (C=O) groups excluding carboxylic acids is 1. The van der Waals surface area contributed by atoms with Gasteiger partial charge in [0.15, 0.2) is 17.5 Å². The van der Waals surface area contributed by atoms with E-state index in [-0.39, 0.29) is 35.2 Å². The summed E-state index contributed by atoms with van der Waals surface area (Å²) in [5.74, 6) is 0.859. The molecule has 9 nitrogen and oxygen atoms in total. The predicted molar refractivity (Wildman–Crippen MR) is 135 cm³/mol. The summed E-state index contributed by atoms with van der Waals surface area (Å²) in [6.07, 6.45) is 2.00. The minimum Gasteiger partial charge on any atom is -0.497 e. The van der Waals surface area contributed by atoms with E-state index in [0.29, 0.717) is 23.6 Å². The highest BCUT2D eigenvalue weighted by Gasteiger charge is 2.38. The molecular weight excluding hydrogens is 465 g/mol. The molecule has 194 valence electrons. The minimum atomic E-state index is -0.655. The van der Waals surface area contributed by atoms with Gasteiger partial charge in [0.2, 0.25) is 0 Å². The number of ether oxygens (including phenoxy) is 3. The Morgan fingerprint density at radius 2 is 1.81 bits per heavy atom. The number of nitrogens with zero attached hydrogens (tertiary/aromatic N) is 2. The molecule has 36 heavy (non-hydrogen) atoms. The third-order valence-corrected chi connectivity index (χ3v) is 5.72. The summed E-state index contributed by atoms with van der Waals surface area (Å²) in [5, 5.41) is 18.8. The Kier molecular flexibility index (Phi) is 8.45. The number of benzene rings is 1. The molecule has 1 aliphatic carbocycles. The van der Waals surface area contributed by atoms with Crippen LogP contribution in [0.5, 0.6) is 11.5 Å². The zero-order valence-corrected chi connectivity index (χ0v) is 21.6. The van der Waals surface area contributed by atoms with Crippen molar-refractivity contribution in [2.24, 2.45) is 5.92 Å². The first kappa shape index (κ1) is 26.9. The fourth-order valence-corrected chi connectivity index (χ4v) is 3.85. The molecule has 3 rings (SSSR count). The second-order valence-corrected chi connectivity index (χ2v) is 9.72. The predicted octanol–water partition coefficient (Wildman–Crippen LogP) is 5.35. The van der Waals surface area contributed by atoms with Crippen LogP contribution in [-0.2, 0) is 4.74 Å². The largest absolute Gasteiger partial charge is 0.497 e. The Hall–Kier alpha value is -3.74. The molecule has 1 aromatic heterocycles. The van der Waals surface area contributed by atoms with E-state index in [2.05, 4.69) is 20.9 Å². The maximum Gasteiger partial charge on any atom is 0.407 e. The topological polar surface area (TPSA) is 118 Å². The summed E-state index contributed by atoms with van der Waals surface area (Å²) in [5.41, 5.74) is -0.0269. The fourth-order valence-electron chi connectivity index (χ4n) is 3.85. The van der Waals surface area contributed by atoms with E-state index >= 15 is 4.39 Å². The third kappa shape index (κ3) is 7.13. The summed E-state index contributed by atoms with van der Waals surface area (Å²) in [6.45, 7) is 7.34. The zero-order valence-electron chi connectivity index (χ0n) is 21.6. The van der Waals surface area contributed by atoms with Crippen LogP contribution in [0.4, 0.5) is 26.5 Å². The van der Waals surface area contributed by atoms with Crippen molar-refractivity contribution in [3.63, 3.8) is 0 Å². The number of pyridine rings is 1. The molecule has 0 unspecified atom stereocenters. The molecule has 1 aromatic carbocycles. The maximum atomic E-state index is 15.0. The first-order valence-electron chi connectivity index (χ1n) is 11.9. The van der Waals surface area contributed by atoms with Crippen LogP contribution in [0.3, 0.4) is 0 Å². The number of halogens is 1. The highest BCUT2D eigenvalue weighted by Crippen LogP contribution is 2.37. The quantitative estimate of drug-likeness (QED) is 0.401. The number of nitrogens with one attached hydrogen (secondary N) is 3. The molecule has 2 atom stereocenters. The van der Waals surface area contributed by atoms with Crippen molar-refractivity contribution in [1.29, 1.82) is 5.26 Å². The molecule has 2 aromatic rings. The van der Waals surface area contributed by atoms with Crippen molar-refractivity contribution in [2.45, 2.75) is 64.6 Å². The van der Waals surface area contributed by atoms with Crippen LogP contribution in [0.2, 0.25) is 0 Å². The molecule has 1 fully saturated rings. The lowest BCUT2D eigenvalue weighted by Gasteiger charge is -2.30. The number of nitriles is 1. The zero-order chi connectivity index (χ0) is 26.5. The van der Waals surface area contributed by atoms with Gasteiger partial charge in [0.1, 0.15) is 23.2 Å². The lowest BCUT2D eigenvalue weighted by Crippen LogP contribution is -2.49. The SMILES string of the molecule is CC[C@H](NC(=O)OC(C)(C)C)[C@H](Nc1nc(Nc2cc(OC)cc(OC)c2)c(C#N)cc1F)C1CC1. The standard InChI is InChI=1S/C26H34FN5O4/c1-7-21(30-25(33)36-26(2,3)4)22(15-8-9-15)31-24-20(27)10-16(14-28)23(32-24)29-17-11-18(34-5)13-19(12-17)35-6/h10-13,15,21-22H,7-9H2,1-6H3,(H,30,33)(H2,29,31,32)/t21-,22+/m0/s1. The lowest BCUT2D eigenvalue weighted by atomic mass is 10.0. The van der Waals surface area contributed by atoms with Crippen molar-refractivity contribution >= 4 is 23.4 Å². The number of hydrogen-bond donors (Lipinski definition) is 3. The number of methoxy groups -OCH3 is 2. The van der Waals surface area contributed by atoms with Gasteiger partial charge in [-0.15, -0.1) is 0 Å². The van der Waals surface area contributed by atoms with Crippen LogP contribution < -0.4 is 25.4 Å². The number of carbonyl (C=O) groups is 1. The first-order chi connectivity index (χ1) is 17.1. The Morgan fingerprint density at radius 3 is 2.31 bits per heavy atom. The van der Waals surface area contributed by atoms with Gasteiger partial charge in [-0.05, 0) is 52.0 Å². The molecule has 1 heterocycles. The van der Waals surface area contributed by atoms with E-state index in [1.165, 1.54) is 14.2 Å². The van der Waals surface area contributed by atoms with Crippen molar-refractivity contribution in [1.82, 2.24) is 10.3 Å². The van der Waals surface area contributed by atoms with Gasteiger partial charge < -0.3 is 30.2 Å². The smallest absolute Gasteiger partial charge is 0.407 e. The molecule has 1 aliphatic rings. The van der Waals surface area contributed by atoms with Crippen molar-refractivity contribution in [3.05, 3.63) is 35.6 Å². The number of aromatic nitrogens is 1. The Labute approximate surface area is 211 Å². The average Bonchev–Trinajstić information content (AvgIpc) is 3.66. The highest BCUT2D eigenvalue weighted by atomic mass is 19.1. The summed E-state index contributed by atoms with van der Waals surface area (Å²) in [6, 6.07) is 7.70. The van der Waals surface area contributed by atoms with Crippen molar-refractivity contribution in [2.75, 3.05) is 24.9 Å².